The van der Waals surface area contributed by atoms with Crippen LogP contribution in [0.15, 0.2) is 33.7 Å². The maximum absolute atomic E-state index is 12.4. The fourth-order valence-electron chi connectivity index (χ4n) is 2.38. The number of fused-ring (bicyclic) bond motifs is 1. The summed E-state index contributed by atoms with van der Waals surface area (Å²) in [6.07, 6.45) is 3.91. The molecule has 0 radical (unpaired) electrons. The molecule has 0 atom stereocenters. The second-order valence-corrected chi connectivity index (χ2v) is 5.83. The second kappa shape index (κ2) is 5.05. The quantitative estimate of drug-likeness (QED) is 0.809. The van der Waals surface area contributed by atoms with Crippen LogP contribution in [0.2, 0.25) is 0 Å². The van der Waals surface area contributed by atoms with Gasteiger partial charge in [0.1, 0.15) is 5.56 Å². The van der Waals surface area contributed by atoms with Crippen LogP contribution in [0.4, 0.5) is 0 Å². The van der Waals surface area contributed by atoms with E-state index in [9.17, 15) is 9.59 Å². The first-order valence-electron chi connectivity index (χ1n) is 6.63. The molecule has 2 aromatic rings. The number of rotatable bonds is 3. The van der Waals surface area contributed by atoms with E-state index >= 15 is 0 Å². The number of pyridine rings is 2. The maximum atomic E-state index is 12.4. The topological polar surface area (TPSA) is 47.8 Å². The Morgan fingerprint density at radius 1 is 1.45 bits per heavy atom. The van der Waals surface area contributed by atoms with Crippen LogP contribution in [0, 0.1) is 0 Å². The number of aromatic nitrogens is 1. The Balaban J connectivity index is 2.28. The SMILES string of the molecule is CCOC(=O)c1cc(C2CC2)c2ccc(Br)cn2c1=O. The molecule has 5 heteroatoms. The molecule has 0 N–H and O–H groups in total. The molecule has 0 aliphatic heterocycles. The van der Waals surface area contributed by atoms with Crippen LogP contribution in [0.3, 0.4) is 0 Å². The van der Waals surface area contributed by atoms with Gasteiger partial charge in [-0.05, 0) is 65.4 Å². The second-order valence-electron chi connectivity index (χ2n) is 4.92. The van der Waals surface area contributed by atoms with Crippen molar-refractivity contribution in [1.82, 2.24) is 4.40 Å². The van der Waals surface area contributed by atoms with Crippen LogP contribution in [0.5, 0.6) is 0 Å². The summed E-state index contributed by atoms with van der Waals surface area (Å²) in [4.78, 5) is 24.4. The van der Waals surface area contributed by atoms with Gasteiger partial charge in [-0.25, -0.2) is 4.79 Å². The van der Waals surface area contributed by atoms with Gasteiger partial charge in [-0.15, -0.1) is 0 Å². The predicted molar refractivity (Wildman–Crippen MR) is 79.3 cm³/mol. The number of halogens is 1. The van der Waals surface area contributed by atoms with Crippen LogP contribution < -0.4 is 5.56 Å². The van der Waals surface area contributed by atoms with Crippen molar-refractivity contribution in [2.24, 2.45) is 0 Å². The van der Waals surface area contributed by atoms with Crippen LogP contribution in [-0.2, 0) is 4.74 Å². The zero-order chi connectivity index (χ0) is 14.3. The van der Waals surface area contributed by atoms with Crippen molar-refractivity contribution in [2.75, 3.05) is 6.61 Å². The maximum Gasteiger partial charge on any atom is 0.343 e. The van der Waals surface area contributed by atoms with Gasteiger partial charge < -0.3 is 4.74 Å². The smallest absolute Gasteiger partial charge is 0.343 e. The monoisotopic (exact) mass is 335 g/mol. The minimum atomic E-state index is -0.547. The molecule has 1 aliphatic carbocycles. The zero-order valence-corrected chi connectivity index (χ0v) is 12.6. The minimum Gasteiger partial charge on any atom is -0.462 e. The Hall–Kier alpha value is -1.62. The third kappa shape index (κ3) is 2.26. The Morgan fingerprint density at radius 3 is 2.85 bits per heavy atom. The summed E-state index contributed by atoms with van der Waals surface area (Å²) < 4.78 is 7.31. The molecule has 0 saturated heterocycles. The first-order valence-corrected chi connectivity index (χ1v) is 7.43. The van der Waals surface area contributed by atoms with Crippen molar-refractivity contribution >= 4 is 27.4 Å². The van der Waals surface area contributed by atoms with E-state index < -0.39 is 5.97 Å². The molecular weight excluding hydrogens is 322 g/mol. The van der Waals surface area contributed by atoms with Gasteiger partial charge in [0.15, 0.2) is 0 Å². The van der Waals surface area contributed by atoms with Crippen LogP contribution >= 0.6 is 15.9 Å². The molecule has 0 bridgehead atoms. The van der Waals surface area contributed by atoms with E-state index in [4.69, 9.17) is 4.74 Å². The minimum absolute atomic E-state index is 0.115. The summed E-state index contributed by atoms with van der Waals surface area (Å²) >= 11 is 3.36. The number of esters is 1. The molecule has 0 amide bonds. The number of ether oxygens (including phenoxy) is 1. The highest BCUT2D eigenvalue weighted by Crippen LogP contribution is 2.42. The van der Waals surface area contributed by atoms with Crippen LogP contribution in [0.1, 0.15) is 41.6 Å². The molecule has 104 valence electrons. The highest BCUT2D eigenvalue weighted by Gasteiger charge is 2.28. The molecule has 0 spiro atoms. The lowest BCUT2D eigenvalue weighted by molar-refractivity contribution is 0.0524. The summed E-state index contributed by atoms with van der Waals surface area (Å²) in [5.41, 5.74) is 1.71. The standard InChI is InChI=1S/C15H14BrNO3/c1-2-20-15(19)12-7-11(9-3-4-9)13-6-5-10(16)8-17(13)14(12)18/h5-9H,2-4H2,1H3. The van der Waals surface area contributed by atoms with Crippen molar-refractivity contribution in [3.8, 4) is 0 Å². The molecule has 2 heterocycles. The van der Waals surface area contributed by atoms with Crippen molar-refractivity contribution in [2.45, 2.75) is 25.7 Å². The van der Waals surface area contributed by atoms with E-state index in [2.05, 4.69) is 15.9 Å². The largest absolute Gasteiger partial charge is 0.462 e. The Morgan fingerprint density at radius 2 is 2.20 bits per heavy atom. The van der Waals surface area contributed by atoms with Gasteiger partial charge >= 0.3 is 5.97 Å². The molecule has 1 fully saturated rings. The summed E-state index contributed by atoms with van der Waals surface area (Å²) in [6.45, 7) is 1.99. The van der Waals surface area contributed by atoms with Crippen molar-refractivity contribution in [3.63, 3.8) is 0 Å². The zero-order valence-electron chi connectivity index (χ0n) is 11.1. The Bertz CT molecular complexity index is 747. The third-order valence-electron chi connectivity index (χ3n) is 3.47. The summed E-state index contributed by atoms with van der Waals surface area (Å²) in [6, 6.07) is 5.53. The molecule has 0 aromatic carbocycles. The van der Waals surface area contributed by atoms with Crippen LogP contribution in [-0.4, -0.2) is 17.0 Å². The first kappa shape index (κ1) is 13.4. The molecular formula is C15H14BrNO3. The van der Waals surface area contributed by atoms with Crippen LogP contribution in [0.25, 0.3) is 5.52 Å². The van der Waals surface area contributed by atoms with Gasteiger partial charge in [-0.1, -0.05) is 0 Å². The van der Waals surface area contributed by atoms with Gasteiger partial charge in [-0.3, -0.25) is 9.20 Å². The predicted octanol–water partition coefficient (Wildman–Crippen LogP) is 3.12. The van der Waals surface area contributed by atoms with E-state index in [-0.39, 0.29) is 17.7 Å². The Kier molecular flexibility index (Phi) is 3.38. The average Bonchev–Trinajstić information content (AvgIpc) is 3.24. The van der Waals surface area contributed by atoms with E-state index in [0.717, 1.165) is 28.4 Å². The fourth-order valence-corrected chi connectivity index (χ4v) is 2.71. The van der Waals surface area contributed by atoms with Crippen molar-refractivity contribution in [1.29, 1.82) is 0 Å². The molecule has 0 unspecified atom stereocenters. The normalized spacial score (nSPS) is 14.5. The van der Waals surface area contributed by atoms with E-state index in [1.54, 1.807) is 19.2 Å². The molecule has 1 aliphatic rings. The van der Waals surface area contributed by atoms with Gasteiger partial charge in [0, 0.05) is 10.7 Å². The van der Waals surface area contributed by atoms with E-state index in [1.165, 1.54) is 4.40 Å². The molecule has 1 saturated carbocycles. The molecule has 3 rings (SSSR count). The summed E-state index contributed by atoms with van der Waals surface area (Å²) in [5.74, 6) is -0.103. The number of carbonyl (C=O) groups is 1. The first-order chi connectivity index (χ1) is 9.61. The summed E-state index contributed by atoms with van der Waals surface area (Å²) in [7, 11) is 0. The van der Waals surface area contributed by atoms with E-state index in [0.29, 0.717) is 5.92 Å². The number of hydrogen-bond donors (Lipinski definition) is 0. The highest BCUT2D eigenvalue weighted by atomic mass is 79.9. The van der Waals surface area contributed by atoms with Crippen molar-refractivity contribution < 1.29 is 9.53 Å². The summed E-state index contributed by atoms with van der Waals surface area (Å²) in [5, 5.41) is 0. The molecule has 20 heavy (non-hydrogen) atoms. The fraction of sp³-hybridized carbons (Fsp3) is 0.333. The molecule has 2 aromatic heterocycles. The number of carbonyl (C=O) groups excluding carboxylic acids is 1. The number of nitrogens with zero attached hydrogens (tertiary/aromatic N) is 1. The number of hydrogen-bond acceptors (Lipinski definition) is 3. The van der Waals surface area contributed by atoms with E-state index in [1.807, 2.05) is 12.1 Å². The highest BCUT2D eigenvalue weighted by molar-refractivity contribution is 9.10. The lowest BCUT2D eigenvalue weighted by Crippen LogP contribution is -2.24. The van der Waals surface area contributed by atoms with Gasteiger partial charge in [0.05, 0.1) is 12.1 Å². The lowest BCUT2D eigenvalue weighted by atomic mass is 10.1. The van der Waals surface area contributed by atoms with Gasteiger partial charge in [0.25, 0.3) is 5.56 Å². The van der Waals surface area contributed by atoms with Gasteiger partial charge in [-0.2, -0.15) is 0 Å². The van der Waals surface area contributed by atoms with Gasteiger partial charge in [0.2, 0.25) is 0 Å². The lowest BCUT2D eigenvalue weighted by Gasteiger charge is -2.10. The third-order valence-corrected chi connectivity index (χ3v) is 3.94. The molecule has 4 nitrogen and oxygen atoms in total. The average molecular weight is 336 g/mol. The van der Waals surface area contributed by atoms with Crippen molar-refractivity contribution in [3.05, 3.63) is 50.3 Å². The Labute approximate surface area is 124 Å².